The van der Waals surface area contributed by atoms with Crippen LogP contribution in [0.4, 0.5) is 0 Å². The van der Waals surface area contributed by atoms with Crippen molar-refractivity contribution in [2.24, 2.45) is 0 Å². The molecule has 0 radical (unpaired) electrons. The average molecular weight is 244 g/mol. The van der Waals surface area contributed by atoms with Gasteiger partial charge in [0, 0.05) is 13.0 Å². The number of aliphatic hydroxyl groups is 1. The highest BCUT2D eigenvalue weighted by Gasteiger charge is 2.13. The Hall–Kier alpha value is -0.650. The molecule has 0 aromatic carbocycles. The summed E-state index contributed by atoms with van der Waals surface area (Å²) in [7, 11) is 0. The Morgan fingerprint density at radius 1 is 1.53 bits per heavy atom. The number of carbonyl (C=O) groups excluding carboxylic acids is 1. The number of amides is 1. The number of rotatable bonds is 7. The van der Waals surface area contributed by atoms with Gasteiger partial charge in [0.15, 0.2) is 0 Å². The highest BCUT2D eigenvalue weighted by Crippen LogP contribution is 2.07. The van der Waals surface area contributed by atoms with Crippen molar-refractivity contribution in [1.29, 1.82) is 0 Å². The first-order chi connectivity index (χ1) is 8.18. The molecule has 1 amide bonds. The summed E-state index contributed by atoms with van der Waals surface area (Å²) in [5.41, 5.74) is 0. The molecule has 1 unspecified atom stereocenters. The van der Waals surface area contributed by atoms with Crippen LogP contribution < -0.4 is 10.6 Å². The molecule has 5 nitrogen and oxygen atoms in total. The standard InChI is InChI=1S/C12H24N2O3/c1-10(15)2-8-14-12(16)5-9-17-11-3-6-13-7-4-11/h10-11,13,15H,2-9H2,1H3,(H,14,16). The van der Waals surface area contributed by atoms with Crippen LogP contribution in [0.2, 0.25) is 0 Å². The molecular weight excluding hydrogens is 220 g/mol. The molecule has 0 aliphatic carbocycles. The van der Waals surface area contributed by atoms with E-state index in [1.165, 1.54) is 0 Å². The third kappa shape index (κ3) is 7.31. The van der Waals surface area contributed by atoms with Crippen LogP contribution in [0.5, 0.6) is 0 Å². The number of carbonyl (C=O) groups is 1. The van der Waals surface area contributed by atoms with Crippen molar-refractivity contribution in [3.05, 3.63) is 0 Å². The first-order valence-corrected chi connectivity index (χ1v) is 6.45. The third-order valence-corrected chi connectivity index (χ3v) is 2.85. The first-order valence-electron chi connectivity index (χ1n) is 6.45. The lowest BCUT2D eigenvalue weighted by Gasteiger charge is -2.22. The molecule has 3 N–H and O–H groups in total. The molecule has 100 valence electrons. The van der Waals surface area contributed by atoms with E-state index < -0.39 is 0 Å². The van der Waals surface area contributed by atoms with Crippen molar-refractivity contribution in [2.75, 3.05) is 26.2 Å². The largest absolute Gasteiger partial charge is 0.393 e. The van der Waals surface area contributed by atoms with Gasteiger partial charge in [-0.25, -0.2) is 0 Å². The normalized spacial score (nSPS) is 18.9. The zero-order valence-electron chi connectivity index (χ0n) is 10.6. The second kappa shape index (κ2) is 8.44. The molecule has 1 aliphatic heterocycles. The lowest BCUT2D eigenvalue weighted by Crippen LogP contribution is -2.33. The van der Waals surface area contributed by atoms with Crippen molar-refractivity contribution in [2.45, 2.75) is 44.8 Å². The number of nitrogens with one attached hydrogen (secondary N) is 2. The van der Waals surface area contributed by atoms with Gasteiger partial charge in [-0.1, -0.05) is 0 Å². The molecule has 1 heterocycles. The van der Waals surface area contributed by atoms with Gasteiger partial charge in [-0.15, -0.1) is 0 Å². The van der Waals surface area contributed by atoms with Crippen LogP contribution in [0.25, 0.3) is 0 Å². The summed E-state index contributed by atoms with van der Waals surface area (Å²) >= 11 is 0. The van der Waals surface area contributed by atoms with E-state index in [0.29, 0.717) is 32.1 Å². The van der Waals surface area contributed by atoms with Crippen LogP contribution in [0.3, 0.4) is 0 Å². The number of piperidine rings is 1. The lowest BCUT2D eigenvalue weighted by atomic mass is 10.1. The molecule has 0 spiro atoms. The van der Waals surface area contributed by atoms with Gasteiger partial charge in [0.1, 0.15) is 0 Å². The average Bonchev–Trinajstić information content (AvgIpc) is 2.30. The minimum atomic E-state index is -0.360. The van der Waals surface area contributed by atoms with E-state index in [9.17, 15) is 4.79 Å². The fourth-order valence-electron chi connectivity index (χ4n) is 1.79. The van der Waals surface area contributed by atoms with Crippen LogP contribution in [-0.4, -0.2) is 49.5 Å². The van der Waals surface area contributed by atoms with Gasteiger partial charge in [-0.05, 0) is 39.3 Å². The van der Waals surface area contributed by atoms with Crippen LogP contribution >= 0.6 is 0 Å². The second-order valence-electron chi connectivity index (χ2n) is 4.56. The summed E-state index contributed by atoms with van der Waals surface area (Å²) in [5, 5.41) is 15.1. The maximum Gasteiger partial charge on any atom is 0.222 e. The number of hydrogen-bond acceptors (Lipinski definition) is 4. The van der Waals surface area contributed by atoms with E-state index in [-0.39, 0.29) is 12.0 Å². The summed E-state index contributed by atoms with van der Waals surface area (Å²) in [6.45, 7) is 4.75. The monoisotopic (exact) mass is 244 g/mol. The minimum absolute atomic E-state index is 0.000385. The van der Waals surface area contributed by atoms with Gasteiger partial charge in [0.05, 0.1) is 18.8 Å². The zero-order valence-corrected chi connectivity index (χ0v) is 10.6. The van der Waals surface area contributed by atoms with Crippen LogP contribution in [-0.2, 0) is 9.53 Å². The number of hydrogen-bond donors (Lipinski definition) is 3. The van der Waals surface area contributed by atoms with E-state index in [1.54, 1.807) is 6.92 Å². The van der Waals surface area contributed by atoms with Crippen molar-refractivity contribution in [3.8, 4) is 0 Å². The van der Waals surface area contributed by atoms with Crippen molar-refractivity contribution < 1.29 is 14.6 Å². The summed E-state index contributed by atoms with van der Waals surface area (Å²) < 4.78 is 5.63. The summed E-state index contributed by atoms with van der Waals surface area (Å²) in [6, 6.07) is 0. The fraction of sp³-hybridized carbons (Fsp3) is 0.917. The van der Waals surface area contributed by atoms with Crippen LogP contribution in [0.15, 0.2) is 0 Å². The minimum Gasteiger partial charge on any atom is -0.393 e. The molecule has 1 atom stereocenters. The predicted octanol–water partition coefficient (Wildman–Crippen LogP) is 0.0322. The Labute approximate surface area is 103 Å². The first kappa shape index (κ1) is 14.4. The van der Waals surface area contributed by atoms with Crippen molar-refractivity contribution >= 4 is 5.91 Å². The molecule has 0 bridgehead atoms. The Bertz CT molecular complexity index is 216. The Kier molecular flexibility index (Phi) is 7.16. The molecule has 0 saturated carbocycles. The molecule has 1 saturated heterocycles. The van der Waals surface area contributed by atoms with Gasteiger partial charge < -0.3 is 20.5 Å². The van der Waals surface area contributed by atoms with E-state index in [2.05, 4.69) is 10.6 Å². The summed E-state index contributed by atoms with van der Waals surface area (Å²) in [4.78, 5) is 11.4. The summed E-state index contributed by atoms with van der Waals surface area (Å²) in [5.74, 6) is -0.000385. The van der Waals surface area contributed by atoms with Crippen LogP contribution in [0.1, 0.15) is 32.6 Å². The number of ether oxygens (including phenoxy) is 1. The molecule has 5 heteroatoms. The van der Waals surface area contributed by atoms with Gasteiger partial charge in [0.25, 0.3) is 0 Å². The van der Waals surface area contributed by atoms with E-state index >= 15 is 0 Å². The Balaban J connectivity index is 1.95. The fourth-order valence-corrected chi connectivity index (χ4v) is 1.79. The SMILES string of the molecule is CC(O)CCNC(=O)CCOC1CCNCC1. The van der Waals surface area contributed by atoms with Crippen molar-refractivity contribution in [1.82, 2.24) is 10.6 Å². The van der Waals surface area contributed by atoms with Gasteiger partial charge in [-0.3, -0.25) is 4.79 Å². The lowest BCUT2D eigenvalue weighted by molar-refractivity contribution is -0.122. The quantitative estimate of drug-likeness (QED) is 0.591. The van der Waals surface area contributed by atoms with Crippen molar-refractivity contribution in [3.63, 3.8) is 0 Å². The third-order valence-electron chi connectivity index (χ3n) is 2.85. The maximum absolute atomic E-state index is 11.4. The molecule has 17 heavy (non-hydrogen) atoms. The molecule has 0 aromatic heterocycles. The molecule has 1 fully saturated rings. The van der Waals surface area contributed by atoms with Gasteiger partial charge >= 0.3 is 0 Å². The van der Waals surface area contributed by atoms with E-state index in [0.717, 1.165) is 25.9 Å². The molecular formula is C12H24N2O3. The Morgan fingerprint density at radius 3 is 2.88 bits per heavy atom. The number of aliphatic hydroxyl groups excluding tert-OH is 1. The van der Waals surface area contributed by atoms with Gasteiger partial charge in [0.2, 0.25) is 5.91 Å². The highest BCUT2D eigenvalue weighted by molar-refractivity contribution is 5.75. The topological polar surface area (TPSA) is 70.6 Å². The van der Waals surface area contributed by atoms with Crippen LogP contribution in [0, 0.1) is 0 Å². The zero-order chi connectivity index (χ0) is 12.5. The molecule has 1 rings (SSSR count). The van der Waals surface area contributed by atoms with E-state index in [4.69, 9.17) is 9.84 Å². The Morgan fingerprint density at radius 2 is 2.24 bits per heavy atom. The maximum atomic E-state index is 11.4. The van der Waals surface area contributed by atoms with Gasteiger partial charge in [-0.2, -0.15) is 0 Å². The summed E-state index contributed by atoms with van der Waals surface area (Å²) in [6.07, 6.45) is 3.01. The van der Waals surface area contributed by atoms with E-state index in [1.807, 2.05) is 0 Å². The molecule has 0 aromatic rings. The highest BCUT2D eigenvalue weighted by atomic mass is 16.5. The predicted molar refractivity (Wildman–Crippen MR) is 65.8 cm³/mol. The smallest absolute Gasteiger partial charge is 0.222 e. The molecule has 1 aliphatic rings. The second-order valence-corrected chi connectivity index (χ2v) is 4.56.